The second-order valence-electron chi connectivity index (χ2n) is 6.50. The molecular weight excluding hydrogens is 322 g/mol. The molecule has 0 N–H and O–H groups in total. The quantitative estimate of drug-likeness (QED) is 0.630. The van der Waals surface area contributed by atoms with Gasteiger partial charge in [-0.3, -0.25) is 4.79 Å². The highest BCUT2D eigenvalue weighted by atomic mass is 16.5. The maximum Gasteiger partial charge on any atom is 0.226 e. The molecule has 0 aliphatic rings. The first kappa shape index (κ1) is 20.0. The van der Waals surface area contributed by atoms with Gasteiger partial charge in [-0.25, -0.2) is 0 Å². The van der Waals surface area contributed by atoms with E-state index in [2.05, 4.69) is 45.0 Å². The summed E-state index contributed by atoms with van der Waals surface area (Å²) in [6, 6.07) is 12.5. The summed E-state index contributed by atoms with van der Waals surface area (Å²) in [5.74, 6) is 1.05. The van der Waals surface area contributed by atoms with Crippen LogP contribution in [0.1, 0.15) is 56.4 Å². The lowest BCUT2D eigenvalue weighted by Crippen LogP contribution is -2.31. The number of anilines is 1. The predicted molar refractivity (Wildman–Crippen MR) is 109 cm³/mol. The zero-order valence-corrected chi connectivity index (χ0v) is 16.8. The molecule has 0 bridgehead atoms. The molecule has 0 saturated heterocycles. The molecule has 2 aromatic carbocycles. The van der Waals surface area contributed by atoms with Gasteiger partial charge in [-0.15, -0.1) is 0 Å². The summed E-state index contributed by atoms with van der Waals surface area (Å²) < 4.78 is 6.18. The summed E-state index contributed by atoms with van der Waals surface area (Å²) in [5.41, 5.74) is 5.78. The van der Waals surface area contributed by atoms with Crippen molar-refractivity contribution in [3.8, 4) is 5.75 Å². The largest absolute Gasteiger partial charge is 0.489 e. The Morgan fingerprint density at radius 1 is 1.04 bits per heavy atom. The van der Waals surface area contributed by atoms with E-state index in [4.69, 9.17) is 4.74 Å². The Morgan fingerprint density at radius 3 is 2.38 bits per heavy atom. The second kappa shape index (κ2) is 9.42. The molecule has 3 nitrogen and oxygen atoms in total. The van der Waals surface area contributed by atoms with Crippen molar-refractivity contribution in [2.45, 2.75) is 60.5 Å². The molecule has 26 heavy (non-hydrogen) atoms. The average molecular weight is 354 g/mol. The SMILES string of the molecule is CCC(=O)N(CC)c1cccc(CC)c1COc1ccc(CC)cc1C. The summed E-state index contributed by atoms with van der Waals surface area (Å²) >= 11 is 0. The van der Waals surface area contributed by atoms with Crippen LogP contribution in [0.25, 0.3) is 0 Å². The topological polar surface area (TPSA) is 29.5 Å². The van der Waals surface area contributed by atoms with Crippen LogP contribution < -0.4 is 9.64 Å². The van der Waals surface area contributed by atoms with Gasteiger partial charge in [0, 0.05) is 18.5 Å². The Kier molecular flexibility index (Phi) is 7.26. The second-order valence-corrected chi connectivity index (χ2v) is 6.50. The minimum Gasteiger partial charge on any atom is -0.489 e. The molecule has 0 spiro atoms. The van der Waals surface area contributed by atoms with Crippen LogP contribution in [0.4, 0.5) is 5.69 Å². The van der Waals surface area contributed by atoms with Crippen LogP contribution in [-0.2, 0) is 24.2 Å². The van der Waals surface area contributed by atoms with E-state index in [0.717, 1.165) is 35.4 Å². The molecule has 3 heteroatoms. The van der Waals surface area contributed by atoms with Crippen LogP contribution in [0.3, 0.4) is 0 Å². The molecule has 0 atom stereocenters. The third kappa shape index (κ3) is 4.46. The van der Waals surface area contributed by atoms with Crippen LogP contribution in [0, 0.1) is 6.92 Å². The fraction of sp³-hybridized carbons (Fsp3) is 0.435. The number of aryl methyl sites for hydroxylation is 3. The van der Waals surface area contributed by atoms with E-state index in [1.807, 2.05) is 30.9 Å². The normalized spacial score (nSPS) is 10.7. The molecule has 0 fully saturated rings. The third-order valence-electron chi connectivity index (χ3n) is 4.86. The van der Waals surface area contributed by atoms with E-state index in [1.165, 1.54) is 11.1 Å². The zero-order valence-electron chi connectivity index (χ0n) is 16.8. The fourth-order valence-corrected chi connectivity index (χ4v) is 3.29. The number of rotatable bonds is 8. The van der Waals surface area contributed by atoms with E-state index in [-0.39, 0.29) is 5.91 Å². The van der Waals surface area contributed by atoms with Crippen molar-refractivity contribution in [3.63, 3.8) is 0 Å². The standard InChI is InChI=1S/C23H31NO2/c1-6-18-13-14-22(17(5)15-18)26-16-20-19(7-2)11-10-12-21(20)24(9-4)23(25)8-3/h10-15H,6-9,16H2,1-5H3. The van der Waals surface area contributed by atoms with Gasteiger partial charge >= 0.3 is 0 Å². The van der Waals surface area contributed by atoms with Crippen LogP contribution in [0.2, 0.25) is 0 Å². The van der Waals surface area contributed by atoms with Crippen molar-refractivity contribution in [2.75, 3.05) is 11.4 Å². The predicted octanol–water partition coefficient (Wildman–Crippen LogP) is 5.46. The van der Waals surface area contributed by atoms with Gasteiger partial charge in [-0.2, -0.15) is 0 Å². The molecule has 1 amide bonds. The van der Waals surface area contributed by atoms with Crippen molar-refractivity contribution in [1.82, 2.24) is 0 Å². The van der Waals surface area contributed by atoms with Crippen LogP contribution in [0.15, 0.2) is 36.4 Å². The van der Waals surface area contributed by atoms with Crippen molar-refractivity contribution in [1.29, 1.82) is 0 Å². The first-order valence-corrected chi connectivity index (χ1v) is 9.69. The number of nitrogens with zero attached hydrogens (tertiary/aromatic N) is 1. The van der Waals surface area contributed by atoms with Gasteiger partial charge in [-0.1, -0.05) is 45.0 Å². The van der Waals surface area contributed by atoms with Gasteiger partial charge in [0.05, 0.1) is 5.69 Å². The van der Waals surface area contributed by atoms with Gasteiger partial charge in [-0.05, 0) is 55.5 Å². The molecule has 2 rings (SSSR count). The number of ether oxygens (including phenoxy) is 1. The lowest BCUT2D eigenvalue weighted by Gasteiger charge is -2.25. The van der Waals surface area contributed by atoms with Crippen molar-refractivity contribution < 1.29 is 9.53 Å². The van der Waals surface area contributed by atoms with E-state index >= 15 is 0 Å². The van der Waals surface area contributed by atoms with Crippen molar-refractivity contribution >= 4 is 11.6 Å². The number of carbonyl (C=O) groups excluding carboxylic acids is 1. The Balaban J connectivity index is 2.34. The molecule has 0 radical (unpaired) electrons. The molecular formula is C23H31NO2. The minimum atomic E-state index is 0.144. The molecule has 0 unspecified atom stereocenters. The lowest BCUT2D eigenvalue weighted by atomic mass is 10.0. The Hall–Kier alpha value is -2.29. The molecule has 0 aliphatic heterocycles. The maximum atomic E-state index is 12.4. The highest BCUT2D eigenvalue weighted by Gasteiger charge is 2.18. The number of amides is 1. The van der Waals surface area contributed by atoms with Gasteiger partial charge < -0.3 is 9.64 Å². The molecule has 0 saturated carbocycles. The van der Waals surface area contributed by atoms with E-state index < -0.39 is 0 Å². The van der Waals surface area contributed by atoms with E-state index in [1.54, 1.807) is 0 Å². The number of carbonyl (C=O) groups is 1. The average Bonchev–Trinajstić information content (AvgIpc) is 2.67. The highest BCUT2D eigenvalue weighted by molar-refractivity contribution is 5.94. The van der Waals surface area contributed by atoms with Crippen molar-refractivity contribution in [2.24, 2.45) is 0 Å². The Bertz CT molecular complexity index is 752. The number of hydrogen-bond acceptors (Lipinski definition) is 2. The number of hydrogen-bond donors (Lipinski definition) is 0. The van der Waals surface area contributed by atoms with Gasteiger partial charge in [0.15, 0.2) is 0 Å². The fourth-order valence-electron chi connectivity index (χ4n) is 3.29. The summed E-state index contributed by atoms with van der Waals surface area (Å²) in [6.07, 6.45) is 2.44. The highest BCUT2D eigenvalue weighted by Crippen LogP contribution is 2.28. The Labute approximate surface area is 158 Å². The third-order valence-corrected chi connectivity index (χ3v) is 4.86. The monoisotopic (exact) mass is 353 g/mol. The summed E-state index contributed by atoms with van der Waals surface area (Å²) in [4.78, 5) is 14.2. The minimum absolute atomic E-state index is 0.144. The summed E-state index contributed by atoms with van der Waals surface area (Å²) in [5, 5.41) is 0. The molecule has 140 valence electrons. The molecule has 2 aromatic rings. The van der Waals surface area contributed by atoms with E-state index in [9.17, 15) is 4.79 Å². The molecule has 0 aromatic heterocycles. The van der Waals surface area contributed by atoms with Crippen LogP contribution >= 0.6 is 0 Å². The van der Waals surface area contributed by atoms with Gasteiger partial charge in [0.2, 0.25) is 5.91 Å². The first-order valence-electron chi connectivity index (χ1n) is 9.69. The van der Waals surface area contributed by atoms with Crippen LogP contribution in [0.5, 0.6) is 5.75 Å². The van der Waals surface area contributed by atoms with Gasteiger partial charge in [0.1, 0.15) is 12.4 Å². The first-order chi connectivity index (χ1) is 12.5. The Morgan fingerprint density at radius 2 is 1.81 bits per heavy atom. The smallest absolute Gasteiger partial charge is 0.226 e. The van der Waals surface area contributed by atoms with E-state index in [0.29, 0.717) is 19.6 Å². The maximum absolute atomic E-state index is 12.4. The van der Waals surface area contributed by atoms with Crippen LogP contribution in [-0.4, -0.2) is 12.5 Å². The molecule has 0 aliphatic carbocycles. The van der Waals surface area contributed by atoms with Gasteiger partial charge in [0.25, 0.3) is 0 Å². The van der Waals surface area contributed by atoms with Crippen molar-refractivity contribution in [3.05, 3.63) is 58.7 Å². The zero-order chi connectivity index (χ0) is 19.1. The lowest BCUT2D eigenvalue weighted by molar-refractivity contribution is -0.118. The number of benzene rings is 2. The molecule has 0 heterocycles. The summed E-state index contributed by atoms with van der Waals surface area (Å²) in [6.45, 7) is 11.4. The summed E-state index contributed by atoms with van der Waals surface area (Å²) in [7, 11) is 0.